The first-order valence-electron chi connectivity index (χ1n) is 6.49. The Bertz CT molecular complexity index is 578. The quantitative estimate of drug-likeness (QED) is 0.827. The molecule has 0 aliphatic carbocycles. The standard InChI is InChI=1S/C14H19NO3S/c1-19(17,18)8-2-3-14(16)12-5-4-11-6-7-15-10-13(11)9-12/h4-5,9,15H,2-3,6-8,10H2,1H3. The SMILES string of the molecule is CS(=O)(=O)CCCC(=O)c1ccc2c(c1)CNCC2. The van der Waals surface area contributed by atoms with Crippen molar-refractivity contribution in [1.29, 1.82) is 0 Å². The fraction of sp³-hybridized carbons (Fsp3) is 0.500. The second kappa shape index (κ2) is 5.84. The Balaban J connectivity index is 1.99. The summed E-state index contributed by atoms with van der Waals surface area (Å²) in [7, 11) is -2.98. The molecule has 0 bridgehead atoms. The number of carbonyl (C=O) groups is 1. The molecule has 1 heterocycles. The van der Waals surface area contributed by atoms with Crippen molar-refractivity contribution >= 4 is 15.6 Å². The summed E-state index contributed by atoms with van der Waals surface area (Å²) < 4.78 is 22.0. The van der Waals surface area contributed by atoms with Crippen molar-refractivity contribution in [3.8, 4) is 0 Å². The van der Waals surface area contributed by atoms with Gasteiger partial charge in [-0.3, -0.25) is 4.79 Å². The van der Waals surface area contributed by atoms with Crippen LogP contribution in [0.1, 0.15) is 34.3 Å². The monoisotopic (exact) mass is 281 g/mol. The molecule has 0 fully saturated rings. The summed E-state index contributed by atoms with van der Waals surface area (Å²) in [6.07, 6.45) is 2.88. The van der Waals surface area contributed by atoms with Crippen molar-refractivity contribution < 1.29 is 13.2 Å². The average Bonchev–Trinajstić information content (AvgIpc) is 2.36. The van der Waals surface area contributed by atoms with E-state index in [-0.39, 0.29) is 11.5 Å². The molecule has 1 aliphatic rings. The normalized spacial score (nSPS) is 15.0. The van der Waals surface area contributed by atoms with Gasteiger partial charge in [0.05, 0.1) is 5.75 Å². The van der Waals surface area contributed by atoms with Gasteiger partial charge < -0.3 is 5.32 Å². The second-order valence-electron chi connectivity index (χ2n) is 5.07. The van der Waals surface area contributed by atoms with Gasteiger partial charge in [-0.1, -0.05) is 12.1 Å². The molecule has 0 aromatic heterocycles. The largest absolute Gasteiger partial charge is 0.312 e. The molecule has 0 spiro atoms. The third-order valence-electron chi connectivity index (χ3n) is 3.33. The fourth-order valence-corrected chi connectivity index (χ4v) is 2.96. The van der Waals surface area contributed by atoms with Crippen LogP contribution in [0, 0.1) is 0 Å². The Morgan fingerprint density at radius 2 is 2.11 bits per heavy atom. The molecule has 0 amide bonds. The first kappa shape index (κ1) is 14.2. The molecule has 0 saturated heterocycles. The molecule has 19 heavy (non-hydrogen) atoms. The summed E-state index contributed by atoms with van der Waals surface area (Å²) in [6.45, 7) is 1.79. The molecule has 4 nitrogen and oxygen atoms in total. The van der Waals surface area contributed by atoms with E-state index in [0.717, 1.165) is 19.5 Å². The summed E-state index contributed by atoms with van der Waals surface area (Å²) in [5.74, 6) is 0.0997. The predicted molar refractivity (Wildman–Crippen MR) is 75.1 cm³/mol. The zero-order valence-corrected chi connectivity index (χ0v) is 11.9. The van der Waals surface area contributed by atoms with Crippen molar-refractivity contribution in [2.45, 2.75) is 25.8 Å². The number of Topliss-reactive ketones (excluding diaryl/α,β-unsaturated/α-hetero) is 1. The van der Waals surface area contributed by atoms with Gasteiger partial charge >= 0.3 is 0 Å². The Hall–Kier alpha value is -1.20. The highest BCUT2D eigenvalue weighted by Gasteiger charge is 2.13. The topological polar surface area (TPSA) is 63.2 Å². The van der Waals surface area contributed by atoms with Crippen LogP contribution in [-0.2, 0) is 22.8 Å². The highest BCUT2D eigenvalue weighted by molar-refractivity contribution is 7.90. The summed E-state index contributed by atoms with van der Waals surface area (Å²) in [5, 5.41) is 3.28. The van der Waals surface area contributed by atoms with Gasteiger partial charge in [-0.2, -0.15) is 0 Å². The van der Waals surface area contributed by atoms with Crippen LogP contribution in [0.25, 0.3) is 0 Å². The van der Waals surface area contributed by atoms with Crippen LogP contribution in [-0.4, -0.2) is 32.8 Å². The lowest BCUT2D eigenvalue weighted by molar-refractivity contribution is 0.0982. The Labute approximate surface area is 114 Å². The molecule has 2 rings (SSSR count). The van der Waals surface area contributed by atoms with Crippen LogP contribution in [0.5, 0.6) is 0 Å². The maximum atomic E-state index is 12.0. The number of sulfone groups is 1. The third-order valence-corrected chi connectivity index (χ3v) is 4.36. The smallest absolute Gasteiger partial charge is 0.162 e. The van der Waals surface area contributed by atoms with Crippen molar-refractivity contribution in [2.75, 3.05) is 18.6 Å². The van der Waals surface area contributed by atoms with Gasteiger partial charge in [0.1, 0.15) is 9.84 Å². The van der Waals surface area contributed by atoms with E-state index in [9.17, 15) is 13.2 Å². The summed E-state index contributed by atoms with van der Waals surface area (Å²) in [5.41, 5.74) is 3.17. The van der Waals surface area contributed by atoms with Gasteiger partial charge in [0.25, 0.3) is 0 Å². The van der Waals surface area contributed by atoms with E-state index in [4.69, 9.17) is 0 Å². The van der Waals surface area contributed by atoms with Crippen molar-refractivity contribution in [2.24, 2.45) is 0 Å². The molecule has 0 radical (unpaired) electrons. The first-order chi connectivity index (χ1) is 8.96. The van der Waals surface area contributed by atoms with Crippen LogP contribution >= 0.6 is 0 Å². The van der Waals surface area contributed by atoms with E-state index in [0.29, 0.717) is 18.4 Å². The fourth-order valence-electron chi connectivity index (χ4n) is 2.29. The molecular formula is C14H19NO3S. The summed E-state index contributed by atoms with van der Waals surface area (Å²) in [4.78, 5) is 12.0. The number of benzene rings is 1. The Morgan fingerprint density at radius 3 is 2.84 bits per heavy atom. The van der Waals surface area contributed by atoms with Crippen LogP contribution < -0.4 is 5.32 Å². The number of ketones is 1. The van der Waals surface area contributed by atoms with Gasteiger partial charge in [0, 0.05) is 24.8 Å². The molecule has 5 heteroatoms. The van der Waals surface area contributed by atoms with E-state index in [1.54, 1.807) is 0 Å². The minimum atomic E-state index is -2.98. The van der Waals surface area contributed by atoms with Crippen molar-refractivity contribution in [3.05, 3.63) is 34.9 Å². The third kappa shape index (κ3) is 4.14. The zero-order valence-electron chi connectivity index (χ0n) is 11.1. The maximum Gasteiger partial charge on any atom is 0.162 e. The molecule has 1 N–H and O–H groups in total. The minimum absolute atomic E-state index is 0.0250. The van der Waals surface area contributed by atoms with Gasteiger partial charge in [-0.15, -0.1) is 0 Å². The molecule has 104 valence electrons. The predicted octanol–water partition coefficient (Wildman–Crippen LogP) is 1.34. The Kier molecular flexibility index (Phi) is 4.37. The average molecular weight is 281 g/mol. The van der Waals surface area contributed by atoms with E-state index in [1.807, 2.05) is 18.2 Å². The molecule has 1 aromatic carbocycles. The Morgan fingerprint density at radius 1 is 1.32 bits per heavy atom. The van der Waals surface area contributed by atoms with E-state index < -0.39 is 9.84 Å². The molecule has 1 aliphatic heterocycles. The molecule has 0 atom stereocenters. The van der Waals surface area contributed by atoms with Crippen molar-refractivity contribution in [1.82, 2.24) is 5.32 Å². The van der Waals surface area contributed by atoms with E-state index >= 15 is 0 Å². The molecular weight excluding hydrogens is 262 g/mol. The molecule has 0 saturated carbocycles. The van der Waals surface area contributed by atoms with Crippen LogP contribution in [0.2, 0.25) is 0 Å². The van der Waals surface area contributed by atoms with E-state index in [1.165, 1.54) is 17.4 Å². The maximum absolute atomic E-state index is 12.0. The lowest BCUT2D eigenvalue weighted by atomic mass is 9.96. The van der Waals surface area contributed by atoms with Crippen LogP contribution in [0.4, 0.5) is 0 Å². The zero-order chi connectivity index (χ0) is 13.9. The number of fused-ring (bicyclic) bond motifs is 1. The molecule has 0 unspecified atom stereocenters. The minimum Gasteiger partial charge on any atom is -0.312 e. The lowest BCUT2D eigenvalue weighted by Crippen LogP contribution is -2.23. The number of nitrogens with one attached hydrogen (secondary N) is 1. The number of hydrogen-bond acceptors (Lipinski definition) is 4. The van der Waals surface area contributed by atoms with Crippen LogP contribution in [0.15, 0.2) is 18.2 Å². The number of carbonyl (C=O) groups excluding carboxylic acids is 1. The van der Waals surface area contributed by atoms with Gasteiger partial charge in [0.2, 0.25) is 0 Å². The van der Waals surface area contributed by atoms with Crippen molar-refractivity contribution in [3.63, 3.8) is 0 Å². The van der Waals surface area contributed by atoms with E-state index in [2.05, 4.69) is 5.32 Å². The second-order valence-corrected chi connectivity index (χ2v) is 7.33. The lowest BCUT2D eigenvalue weighted by Gasteiger charge is -2.17. The summed E-state index contributed by atoms with van der Waals surface area (Å²) in [6, 6.07) is 5.80. The van der Waals surface area contributed by atoms with Crippen LogP contribution in [0.3, 0.4) is 0 Å². The van der Waals surface area contributed by atoms with Gasteiger partial charge in [-0.25, -0.2) is 8.42 Å². The summed E-state index contributed by atoms with van der Waals surface area (Å²) >= 11 is 0. The first-order valence-corrected chi connectivity index (χ1v) is 8.55. The highest BCUT2D eigenvalue weighted by atomic mass is 32.2. The number of hydrogen-bond donors (Lipinski definition) is 1. The highest BCUT2D eigenvalue weighted by Crippen LogP contribution is 2.17. The number of rotatable bonds is 5. The van der Waals surface area contributed by atoms with Gasteiger partial charge in [-0.05, 0) is 36.6 Å². The molecule has 1 aromatic rings. The van der Waals surface area contributed by atoms with Gasteiger partial charge in [0.15, 0.2) is 5.78 Å².